The maximum absolute atomic E-state index is 12.9. The zero-order chi connectivity index (χ0) is 20.2. The van der Waals surface area contributed by atoms with E-state index in [1.807, 2.05) is 6.07 Å². The van der Waals surface area contributed by atoms with E-state index >= 15 is 0 Å². The van der Waals surface area contributed by atoms with Gasteiger partial charge in [-0.15, -0.1) is 0 Å². The molecule has 0 amide bonds. The molecule has 146 valence electrons. The van der Waals surface area contributed by atoms with Crippen molar-refractivity contribution < 1.29 is 9.59 Å². The number of allylic oxidation sites excluding steroid dienone is 2. The maximum atomic E-state index is 12.9. The minimum atomic E-state index is -0.0637. The molecule has 30 heavy (non-hydrogen) atoms. The van der Waals surface area contributed by atoms with E-state index in [9.17, 15) is 9.59 Å². The topological polar surface area (TPSA) is 34.1 Å². The van der Waals surface area contributed by atoms with Crippen molar-refractivity contribution in [1.29, 1.82) is 0 Å². The molecule has 6 aliphatic carbocycles. The van der Waals surface area contributed by atoms with Crippen LogP contribution in [-0.4, -0.2) is 11.6 Å². The van der Waals surface area contributed by atoms with Gasteiger partial charge in [-0.3, -0.25) is 9.59 Å². The fourth-order valence-corrected chi connectivity index (χ4v) is 5.39. The summed E-state index contributed by atoms with van der Waals surface area (Å²) in [5.74, 6) is -0.104. The number of fused-ring (bicyclic) bond motifs is 3. The lowest BCUT2D eigenvalue weighted by molar-refractivity contribution is 0.0994. The monoisotopic (exact) mass is 390 g/mol. The molecular formula is C28H22O2. The number of ketones is 2. The Balaban J connectivity index is 1.61. The van der Waals surface area contributed by atoms with Crippen LogP contribution in [0.15, 0.2) is 60.7 Å². The van der Waals surface area contributed by atoms with Crippen LogP contribution in [0.2, 0.25) is 0 Å². The van der Waals surface area contributed by atoms with Crippen LogP contribution < -0.4 is 0 Å². The molecule has 0 spiro atoms. The molecule has 6 aliphatic rings. The van der Waals surface area contributed by atoms with Gasteiger partial charge in [0.15, 0.2) is 11.6 Å². The van der Waals surface area contributed by atoms with E-state index in [2.05, 4.69) is 42.5 Å². The SMILES string of the molecule is O=C1C=CC(=O)c2c1ccc1c2-c2c3ccc(c2CC1)CCc1ccc(cc1)CC3. The first-order valence-corrected chi connectivity index (χ1v) is 10.8. The molecule has 2 nitrogen and oxygen atoms in total. The Hall–Kier alpha value is -3.26. The number of benzene rings is 3. The highest BCUT2D eigenvalue weighted by Crippen LogP contribution is 2.43. The van der Waals surface area contributed by atoms with Gasteiger partial charge in [0.05, 0.1) is 0 Å². The molecule has 0 unspecified atom stereocenters. The Morgan fingerprint density at radius 1 is 0.467 bits per heavy atom. The molecule has 9 rings (SSSR count). The molecule has 0 aliphatic heterocycles. The first-order chi connectivity index (χ1) is 14.7. The van der Waals surface area contributed by atoms with Crippen molar-refractivity contribution in [3.63, 3.8) is 0 Å². The normalized spacial score (nSPS) is 16.5. The van der Waals surface area contributed by atoms with Crippen LogP contribution >= 0.6 is 0 Å². The molecule has 0 radical (unpaired) electrons. The van der Waals surface area contributed by atoms with Crippen LogP contribution in [0.25, 0.3) is 11.1 Å². The quantitative estimate of drug-likeness (QED) is 0.524. The first-order valence-electron chi connectivity index (χ1n) is 10.8. The van der Waals surface area contributed by atoms with Crippen LogP contribution in [0.3, 0.4) is 0 Å². The molecule has 0 saturated heterocycles. The number of carbonyl (C=O) groups excluding carboxylic acids is 2. The average Bonchev–Trinajstić information content (AvgIpc) is 2.77. The molecule has 0 fully saturated rings. The van der Waals surface area contributed by atoms with Gasteiger partial charge in [-0.25, -0.2) is 0 Å². The summed E-state index contributed by atoms with van der Waals surface area (Å²) in [6, 6.07) is 17.5. The minimum absolute atomic E-state index is 0.0402. The average molecular weight is 390 g/mol. The summed E-state index contributed by atoms with van der Waals surface area (Å²) in [6.45, 7) is 0. The first kappa shape index (κ1) is 17.6. The van der Waals surface area contributed by atoms with Crippen molar-refractivity contribution in [3.8, 4) is 11.1 Å². The van der Waals surface area contributed by atoms with Crippen LogP contribution in [0.4, 0.5) is 0 Å². The molecule has 2 heteroatoms. The molecule has 4 bridgehead atoms. The van der Waals surface area contributed by atoms with Gasteiger partial charge in [-0.2, -0.15) is 0 Å². The van der Waals surface area contributed by atoms with Gasteiger partial charge in [-0.05, 0) is 101 Å². The molecule has 0 aromatic heterocycles. The Morgan fingerprint density at radius 2 is 1.03 bits per heavy atom. The highest BCUT2D eigenvalue weighted by atomic mass is 16.1. The standard InChI is InChI=1S/C28H22O2/c29-24-15-16-25(30)28-23(24)14-12-21-11-13-22-19-7-5-17-1-3-18(4-2-17)6-8-20(10-9-19)26(22)27(21)28/h1-4,9-10,12,14-16H,5-8,11,13H2. The summed E-state index contributed by atoms with van der Waals surface area (Å²) in [7, 11) is 0. The van der Waals surface area contributed by atoms with Crippen LogP contribution in [0.1, 0.15) is 54.1 Å². The van der Waals surface area contributed by atoms with E-state index in [1.54, 1.807) is 0 Å². The van der Waals surface area contributed by atoms with Gasteiger partial charge in [0, 0.05) is 11.1 Å². The van der Waals surface area contributed by atoms with Gasteiger partial charge in [0.25, 0.3) is 0 Å². The van der Waals surface area contributed by atoms with Gasteiger partial charge in [-0.1, -0.05) is 42.5 Å². The second-order valence-corrected chi connectivity index (χ2v) is 8.64. The molecule has 0 N–H and O–H groups in total. The second-order valence-electron chi connectivity index (χ2n) is 8.64. The number of carbonyl (C=O) groups is 2. The van der Waals surface area contributed by atoms with Crippen molar-refractivity contribution >= 4 is 11.6 Å². The van der Waals surface area contributed by atoms with Gasteiger partial charge < -0.3 is 0 Å². The van der Waals surface area contributed by atoms with Crippen molar-refractivity contribution in [2.24, 2.45) is 0 Å². The Labute approximate surface area is 176 Å². The molecule has 3 aromatic carbocycles. The number of aryl methyl sites for hydroxylation is 5. The van der Waals surface area contributed by atoms with E-state index in [1.165, 1.54) is 51.1 Å². The van der Waals surface area contributed by atoms with Crippen molar-refractivity contribution in [3.05, 3.63) is 105 Å². The molecular weight excluding hydrogens is 368 g/mol. The van der Waals surface area contributed by atoms with E-state index in [0.717, 1.165) is 44.1 Å². The maximum Gasteiger partial charge on any atom is 0.187 e. The molecule has 0 heterocycles. The van der Waals surface area contributed by atoms with Gasteiger partial charge >= 0.3 is 0 Å². The number of hydrogen-bond donors (Lipinski definition) is 0. The van der Waals surface area contributed by atoms with Crippen LogP contribution in [0, 0.1) is 0 Å². The summed E-state index contributed by atoms with van der Waals surface area (Å²) >= 11 is 0. The second kappa shape index (κ2) is 6.63. The lowest BCUT2D eigenvalue weighted by Crippen LogP contribution is -2.19. The Morgan fingerprint density at radius 3 is 1.80 bits per heavy atom. The summed E-state index contributed by atoms with van der Waals surface area (Å²) in [4.78, 5) is 25.5. The highest BCUT2D eigenvalue weighted by molar-refractivity contribution is 6.25. The molecule has 0 atom stereocenters. The largest absolute Gasteiger partial charge is 0.289 e. The third-order valence-corrected chi connectivity index (χ3v) is 6.97. The zero-order valence-electron chi connectivity index (χ0n) is 16.8. The summed E-state index contributed by atoms with van der Waals surface area (Å²) in [5, 5.41) is 0. The van der Waals surface area contributed by atoms with Crippen molar-refractivity contribution in [2.75, 3.05) is 0 Å². The smallest absolute Gasteiger partial charge is 0.187 e. The third kappa shape index (κ3) is 2.64. The summed E-state index contributed by atoms with van der Waals surface area (Å²) in [6.07, 6.45) is 8.71. The zero-order valence-corrected chi connectivity index (χ0v) is 16.8. The molecule has 0 saturated carbocycles. The minimum Gasteiger partial charge on any atom is -0.289 e. The Kier molecular flexibility index (Phi) is 3.89. The highest BCUT2D eigenvalue weighted by Gasteiger charge is 2.30. The van der Waals surface area contributed by atoms with Crippen LogP contribution in [0.5, 0.6) is 0 Å². The summed E-state index contributed by atoms with van der Waals surface area (Å²) in [5.41, 5.74) is 11.4. The van der Waals surface area contributed by atoms with E-state index < -0.39 is 0 Å². The van der Waals surface area contributed by atoms with E-state index in [0.29, 0.717) is 11.1 Å². The predicted molar refractivity (Wildman–Crippen MR) is 118 cm³/mol. The summed E-state index contributed by atoms with van der Waals surface area (Å²) < 4.78 is 0. The van der Waals surface area contributed by atoms with E-state index in [-0.39, 0.29) is 11.6 Å². The predicted octanol–water partition coefficient (Wildman–Crippen LogP) is 5.27. The fraction of sp³-hybridized carbons (Fsp3) is 0.214. The van der Waals surface area contributed by atoms with Crippen molar-refractivity contribution in [1.82, 2.24) is 0 Å². The fourth-order valence-electron chi connectivity index (χ4n) is 5.39. The molecule has 3 aromatic rings. The number of rotatable bonds is 0. The Bertz CT molecular complexity index is 1260. The van der Waals surface area contributed by atoms with Gasteiger partial charge in [0.1, 0.15) is 0 Å². The van der Waals surface area contributed by atoms with Crippen LogP contribution in [-0.2, 0) is 38.5 Å². The van der Waals surface area contributed by atoms with Crippen molar-refractivity contribution in [2.45, 2.75) is 38.5 Å². The number of hydrogen-bond acceptors (Lipinski definition) is 2. The lowest BCUT2D eigenvalue weighted by atomic mass is 9.74. The third-order valence-electron chi connectivity index (χ3n) is 6.97. The van der Waals surface area contributed by atoms with Gasteiger partial charge in [0.2, 0.25) is 0 Å². The van der Waals surface area contributed by atoms with E-state index in [4.69, 9.17) is 0 Å². The lowest BCUT2D eigenvalue weighted by Gasteiger charge is -2.29.